The highest BCUT2D eigenvalue weighted by Crippen LogP contribution is 2.26. The normalized spacial score (nSPS) is 22.5. The Morgan fingerprint density at radius 3 is 2.32 bits per heavy atom. The topological polar surface area (TPSA) is 30.9 Å². The summed E-state index contributed by atoms with van der Waals surface area (Å²) in [6.45, 7) is 10.9. The predicted octanol–water partition coefficient (Wildman–Crippen LogP) is 3.35. The van der Waals surface area contributed by atoms with E-state index in [1.807, 2.05) is 31.2 Å². The number of hydrogen-bond acceptors (Lipinski definition) is 4. The third kappa shape index (κ3) is 5.50. The highest BCUT2D eigenvalue weighted by Gasteiger charge is 2.21. The summed E-state index contributed by atoms with van der Waals surface area (Å²) in [6.07, 6.45) is 2.90. The minimum Gasteiger partial charge on any atom is -0.490 e. The van der Waals surface area contributed by atoms with Gasteiger partial charge in [-0.25, -0.2) is 0 Å². The number of rotatable bonds is 8. The van der Waals surface area contributed by atoms with Crippen LogP contribution < -0.4 is 9.47 Å². The molecule has 2 rings (SSSR count). The average Bonchev–Trinajstić information content (AvgIpc) is 2.48. The van der Waals surface area contributed by atoms with Crippen molar-refractivity contribution < 1.29 is 14.2 Å². The molecule has 0 aromatic heterocycles. The quantitative estimate of drug-likeness (QED) is 0.689. The Bertz CT molecular complexity index is 428. The van der Waals surface area contributed by atoms with Gasteiger partial charge in [0.25, 0.3) is 0 Å². The lowest BCUT2D eigenvalue weighted by molar-refractivity contribution is -0.0682. The van der Waals surface area contributed by atoms with Crippen molar-refractivity contribution in [3.63, 3.8) is 0 Å². The van der Waals surface area contributed by atoms with Gasteiger partial charge in [0.1, 0.15) is 0 Å². The molecule has 0 N–H and O–H groups in total. The first-order chi connectivity index (χ1) is 10.7. The van der Waals surface area contributed by atoms with E-state index in [-0.39, 0.29) is 0 Å². The van der Waals surface area contributed by atoms with E-state index >= 15 is 0 Å². The van der Waals surface area contributed by atoms with Crippen LogP contribution in [0.25, 0.3) is 0 Å². The van der Waals surface area contributed by atoms with Crippen LogP contribution in [0.5, 0.6) is 11.5 Å². The Balaban J connectivity index is 1.65. The van der Waals surface area contributed by atoms with Gasteiger partial charge in [-0.3, -0.25) is 4.90 Å². The van der Waals surface area contributed by atoms with Gasteiger partial charge in [0.2, 0.25) is 0 Å². The molecule has 1 aliphatic heterocycles. The number of para-hydroxylation sites is 2. The third-order valence-electron chi connectivity index (χ3n) is 3.77. The molecule has 4 heteroatoms. The van der Waals surface area contributed by atoms with Crippen molar-refractivity contribution in [1.82, 2.24) is 4.90 Å². The molecule has 1 fully saturated rings. The molecule has 1 aliphatic rings. The highest BCUT2D eigenvalue weighted by atomic mass is 16.5. The summed E-state index contributed by atoms with van der Waals surface area (Å²) in [5.41, 5.74) is 0. The number of nitrogens with zero attached hydrogens (tertiary/aromatic N) is 1. The highest BCUT2D eigenvalue weighted by molar-refractivity contribution is 5.39. The van der Waals surface area contributed by atoms with Crippen molar-refractivity contribution in [1.29, 1.82) is 0 Å². The van der Waals surface area contributed by atoms with Crippen LogP contribution in [0.1, 0.15) is 33.6 Å². The molecule has 0 saturated carbocycles. The fraction of sp³-hybridized carbons (Fsp3) is 0.667. The van der Waals surface area contributed by atoms with Crippen LogP contribution in [-0.2, 0) is 4.74 Å². The van der Waals surface area contributed by atoms with Gasteiger partial charge in [-0.05, 0) is 52.3 Å². The first kappa shape index (κ1) is 17.1. The fourth-order valence-corrected chi connectivity index (χ4v) is 2.93. The molecule has 0 bridgehead atoms. The van der Waals surface area contributed by atoms with E-state index in [0.717, 1.165) is 50.6 Å². The van der Waals surface area contributed by atoms with E-state index in [2.05, 4.69) is 18.7 Å². The minimum atomic E-state index is 0.345. The monoisotopic (exact) mass is 307 g/mol. The number of morpholine rings is 1. The summed E-state index contributed by atoms with van der Waals surface area (Å²) in [5.74, 6) is 1.68. The fourth-order valence-electron chi connectivity index (χ4n) is 2.93. The van der Waals surface area contributed by atoms with E-state index in [9.17, 15) is 0 Å². The summed E-state index contributed by atoms with van der Waals surface area (Å²) >= 11 is 0. The van der Waals surface area contributed by atoms with Gasteiger partial charge in [-0.2, -0.15) is 0 Å². The largest absolute Gasteiger partial charge is 0.490 e. The van der Waals surface area contributed by atoms with Crippen molar-refractivity contribution in [3.05, 3.63) is 24.3 Å². The van der Waals surface area contributed by atoms with Crippen molar-refractivity contribution in [2.45, 2.75) is 45.8 Å². The lowest BCUT2D eigenvalue weighted by Gasteiger charge is -2.35. The van der Waals surface area contributed by atoms with Crippen LogP contribution in [0, 0.1) is 0 Å². The second-order valence-corrected chi connectivity index (χ2v) is 5.95. The average molecular weight is 307 g/mol. The molecule has 1 saturated heterocycles. The summed E-state index contributed by atoms with van der Waals surface area (Å²) < 4.78 is 17.2. The van der Waals surface area contributed by atoms with E-state index in [1.54, 1.807) is 0 Å². The third-order valence-corrected chi connectivity index (χ3v) is 3.77. The van der Waals surface area contributed by atoms with Gasteiger partial charge in [0.05, 0.1) is 25.4 Å². The lowest BCUT2D eigenvalue weighted by atomic mass is 10.2. The SMILES string of the molecule is CCOc1ccccc1OCCCCN1C[C@H](C)O[C@@H](C)C1. The molecule has 1 aromatic rings. The maximum absolute atomic E-state index is 5.85. The molecule has 124 valence electrons. The van der Waals surface area contributed by atoms with Gasteiger partial charge in [0.15, 0.2) is 11.5 Å². The molecule has 2 atom stereocenters. The standard InChI is InChI=1S/C18H29NO3/c1-4-20-17-9-5-6-10-18(17)21-12-8-7-11-19-13-15(2)22-16(3)14-19/h5-6,9-10,15-16H,4,7-8,11-14H2,1-3H3/t15-,16-/m0/s1. The molecule has 0 radical (unpaired) electrons. The van der Waals surface area contributed by atoms with Gasteiger partial charge >= 0.3 is 0 Å². The summed E-state index contributed by atoms with van der Waals surface area (Å²) in [4.78, 5) is 2.49. The van der Waals surface area contributed by atoms with Crippen LogP contribution in [0.2, 0.25) is 0 Å². The molecule has 0 aliphatic carbocycles. The van der Waals surface area contributed by atoms with Gasteiger partial charge < -0.3 is 14.2 Å². The summed E-state index contributed by atoms with van der Waals surface area (Å²) in [5, 5.41) is 0. The Morgan fingerprint density at radius 1 is 1.05 bits per heavy atom. The van der Waals surface area contributed by atoms with Gasteiger partial charge in [0, 0.05) is 13.1 Å². The molecule has 0 amide bonds. The Morgan fingerprint density at radius 2 is 1.68 bits per heavy atom. The van der Waals surface area contributed by atoms with Crippen molar-refractivity contribution in [3.8, 4) is 11.5 Å². The molecule has 1 aromatic carbocycles. The zero-order chi connectivity index (χ0) is 15.8. The Kier molecular flexibility index (Phi) is 7.00. The molecule has 22 heavy (non-hydrogen) atoms. The van der Waals surface area contributed by atoms with Crippen LogP contribution in [0.3, 0.4) is 0 Å². The molecule has 4 nitrogen and oxygen atoms in total. The minimum absolute atomic E-state index is 0.345. The van der Waals surface area contributed by atoms with Crippen LogP contribution in [-0.4, -0.2) is 50.0 Å². The summed E-state index contributed by atoms with van der Waals surface area (Å²) in [7, 11) is 0. The smallest absolute Gasteiger partial charge is 0.161 e. The van der Waals surface area contributed by atoms with Gasteiger partial charge in [-0.1, -0.05) is 12.1 Å². The van der Waals surface area contributed by atoms with Crippen LogP contribution in [0.15, 0.2) is 24.3 Å². The van der Waals surface area contributed by atoms with Crippen LogP contribution >= 0.6 is 0 Å². The van der Waals surface area contributed by atoms with Crippen molar-refractivity contribution in [2.75, 3.05) is 32.8 Å². The van der Waals surface area contributed by atoms with E-state index in [1.165, 1.54) is 0 Å². The maximum Gasteiger partial charge on any atom is 0.161 e. The first-order valence-electron chi connectivity index (χ1n) is 8.41. The summed E-state index contributed by atoms with van der Waals surface area (Å²) in [6, 6.07) is 7.87. The second kappa shape index (κ2) is 9.01. The zero-order valence-electron chi connectivity index (χ0n) is 14.1. The lowest BCUT2D eigenvalue weighted by Crippen LogP contribution is -2.45. The Hall–Kier alpha value is -1.26. The number of benzene rings is 1. The first-order valence-corrected chi connectivity index (χ1v) is 8.41. The number of hydrogen-bond donors (Lipinski definition) is 0. The second-order valence-electron chi connectivity index (χ2n) is 5.95. The molecular formula is C18H29NO3. The molecular weight excluding hydrogens is 278 g/mol. The van der Waals surface area contributed by atoms with Crippen LogP contribution in [0.4, 0.5) is 0 Å². The van der Waals surface area contributed by atoms with E-state index < -0.39 is 0 Å². The van der Waals surface area contributed by atoms with Crippen molar-refractivity contribution in [2.24, 2.45) is 0 Å². The molecule has 0 spiro atoms. The maximum atomic E-state index is 5.85. The number of unbranched alkanes of at least 4 members (excludes halogenated alkanes) is 1. The predicted molar refractivity (Wildman–Crippen MR) is 88.8 cm³/mol. The zero-order valence-corrected chi connectivity index (χ0v) is 14.1. The Labute approximate surface area is 134 Å². The van der Waals surface area contributed by atoms with Crippen molar-refractivity contribution >= 4 is 0 Å². The van der Waals surface area contributed by atoms with E-state index in [0.29, 0.717) is 18.8 Å². The number of ether oxygens (including phenoxy) is 3. The molecule has 1 heterocycles. The van der Waals surface area contributed by atoms with Gasteiger partial charge in [-0.15, -0.1) is 0 Å². The molecule has 0 unspecified atom stereocenters. The van der Waals surface area contributed by atoms with E-state index in [4.69, 9.17) is 14.2 Å².